The Bertz CT molecular complexity index is 384. The van der Waals surface area contributed by atoms with Gasteiger partial charge in [0.15, 0.2) is 0 Å². The van der Waals surface area contributed by atoms with Crippen molar-refractivity contribution in [1.29, 1.82) is 0 Å². The summed E-state index contributed by atoms with van der Waals surface area (Å²) < 4.78 is 0. The van der Waals surface area contributed by atoms with Gasteiger partial charge in [0.25, 0.3) is 5.91 Å². The van der Waals surface area contributed by atoms with Crippen molar-refractivity contribution < 1.29 is 4.79 Å². The third kappa shape index (κ3) is 3.18. The molecule has 1 saturated heterocycles. The number of hydrogen-bond donors (Lipinski definition) is 1. The van der Waals surface area contributed by atoms with E-state index >= 15 is 0 Å². The summed E-state index contributed by atoms with van der Waals surface area (Å²) in [4.78, 5) is 22.4. The highest BCUT2D eigenvalue weighted by Crippen LogP contribution is 2.14. The number of rotatable bonds is 5. The molecule has 1 aromatic rings. The highest BCUT2D eigenvalue weighted by molar-refractivity contribution is 5.93. The van der Waals surface area contributed by atoms with Crippen molar-refractivity contribution in [1.82, 2.24) is 15.3 Å². The quantitative estimate of drug-likeness (QED) is 0.804. The second-order valence-electron chi connectivity index (χ2n) is 4.58. The maximum Gasteiger partial charge on any atom is 0.254 e. The minimum absolute atomic E-state index is 0.0866. The number of amides is 1. The van der Waals surface area contributed by atoms with Gasteiger partial charge in [-0.2, -0.15) is 0 Å². The fraction of sp³-hybridized carbons (Fsp3) is 0.615. The average molecular weight is 248 g/mol. The van der Waals surface area contributed by atoms with Gasteiger partial charge in [0.2, 0.25) is 5.95 Å². The van der Waals surface area contributed by atoms with Crippen molar-refractivity contribution >= 4 is 11.9 Å². The number of anilines is 1. The summed E-state index contributed by atoms with van der Waals surface area (Å²) in [7, 11) is 0. The van der Waals surface area contributed by atoms with Crippen molar-refractivity contribution in [3.8, 4) is 0 Å². The van der Waals surface area contributed by atoms with Crippen LogP contribution in [0.3, 0.4) is 0 Å². The Morgan fingerprint density at radius 2 is 2.00 bits per heavy atom. The van der Waals surface area contributed by atoms with Crippen LogP contribution in [0, 0.1) is 0 Å². The SMILES string of the molecule is CCCCNC(=O)c1cnc(N2CCCC2)nc1. The molecule has 1 amide bonds. The monoisotopic (exact) mass is 248 g/mol. The number of aromatic nitrogens is 2. The van der Waals surface area contributed by atoms with Gasteiger partial charge >= 0.3 is 0 Å². The molecule has 0 spiro atoms. The molecule has 18 heavy (non-hydrogen) atoms. The molecule has 98 valence electrons. The van der Waals surface area contributed by atoms with Crippen LogP contribution in [0.25, 0.3) is 0 Å². The topological polar surface area (TPSA) is 58.1 Å². The smallest absolute Gasteiger partial charge is 0.254 e. The summed E-state index contributed by atoms with van der Waals surface area (Å²) in [5.41, 5.74) is 0.536. The van der Waals surface area contributed by atoms with E-state index in [1.54, 1.807) is 12.4 Å². The molecule has 1 aromatic heterocycles. The zero-order valence-corrected chi connectivity index (χ0v) is 10.9. The molecule has 1 aliphatic rings. The molecule has 2 heterocycles. The molecule has 0 atom stereocenters. The largest absolute Gasteiger partial charge is 0.352 e. The van der Waals surface area contributed by atoms with Gasteiger partial charge in [0.05, 0.1) is 5.56 Å². The molecule has 0 radical (unpaired) electrons. The standard InChI is InChI=1S/C13H20N4O/c1-2-3-6-14-12(18)11-9-15-13(16-10-11)17-7-4-5-8-17/h9-10H,2-8H2,1H3,(H,14,18). The van der Waals surface area contributed by atoms with E-state index in [1.807, 2.05) is 0 Å². The maximum absolute atomic E-state index is 11.7. The fourth-order valence-corrected chi connectivity index (χ4v) is 2.00. The van der Waals surface area contributed by atoms with Crippen LogP contribution >= 0.6 is 0 Å². The normalized spacial score (nSPS) is 14.8. The number of nitrogens with zero attached hydrogens (tertiary/aromatic N) is 3. The second-order valence-corrected chi connectivity index (χ2v) is 4.58. The lowest BCUT2D eigenvalue weighted by molar-refractivity contribution is 0.0952. The summed E-state index contributed by atoms with van der Waals surface area (Å²) in [5.74, 6) is 0.647. The number of carbonyl (C=O) groups is 1. The molecule has 5 heteroatoms. The molecule has 0 saturated carbocycles. The average Bonchev–Trinajstić information content (AvgIpc) is 2.93. The van der Waals surface area contributed by atoms with E-state index in [1.165, 1.54) is 12.8 Å². The second kappa shape index (κ2) is 6.33. The van der Waals surface area contributed by atoms with E-state index in [9.17, 15) is 4.79 Å². The van der Waals surface area contributed by atoms with Crippen molar-refractivity contribution in [3.63, 3.8) is 0 Å². The molecule has 1 fully saturated rings. The van der Waals surface area contributed by atoms with Crippen LogP contribution in [0.4, 0.5) is 5.95 Å². The maximum atomic E-state index is 11.7. The number of carbonyl (C=O) groups excluding carboxylic acids is 1. The zero-order chi connectivity index (χ0) is 12.8. The van der Waals surface area contributed by atoms with Crippen LogP contribution in [0.5, 0.6) is 0 Å². The van der Waals surface area contributed by atoms with Crippen molar-refractivity contribution in [2.75, 3.05) is 24.5 Å². The Labute approximate surface area is 108 Å². The van der Waals surface area contributed by atoms with Gasteiger partial charge in [-0.25, -0.2) is 9.97 Å². The van der Waals surface area contributed by atoms with Gasteiger partial charge in [-0.3, -0.25) is 4.79 Å². The number of hydrogen-bond acceptors (Lipinski definition) is 4. The lowest BCUT2D eigenvalue weighted by Crippen LogP contribution is -2.25. The molecular formula is C13H20N4O. The van der Waals surface area contributed by atoms with E-state index in [2.05, 4.69) is 27.1 Å². The van der Waals surface area contributed by atoms with Crippen LogP contribution in [0.1, 0.15) is 43.0 Å². The molecule has 2 rings (SSSR count). The van der Waals surface area contributed by atoms with Crippen molar-refractivity contribution in [2.24, 2.45) is 0 Å². The Kier molecular flexibility index (Phi) is 4.50. The predicted molar refractivity (Wildman–Crippen MR) is 70.7 cm³/mol. The van der Waals surface area contributed by atoms with E-state index in [-0.39, 0.29) is 5.91 Å². The van der Waals surface area contributed by atoms with Crippen molar-refractivity contribution in [3.05, 3.63) is 18.0 Å². The van der Waals surface area contributed by atoms with Crippen LogP contribution < -0.4 is 10.2 Å². The van der Waals surface area contributed by atoms with E-state index in [4.69, 9.17) is 0 Å². The molecule has 0 unspecified atom stereocenters. The zero-order valence-electron chi connectivity index (χ0n) is 10.9. The molecule has 1 aliphatic heterocycles. The Hall–Kier alpha value is -1.65. The summed E-state index contributed by atoms with van der Waals surface area (Å²) in [6.07, 6.45) is 7.69. The highest BCUT2D eigenvalue weighted by Gasteiger charge is 2.15. The van der Waals surface area contributed by atoms with E-state index in [0.717, 1.165) is 31.9 Å². The van der Waals surface area contributed by atoms with Crippen LogP contribution in [0.15, 0.2) is 12.4 Å². The van der Waals surface area contributed by atoms with Gasteiger partial charge in [0, 0.05) is 32.0 Å². The van der Waals surface area contributed by atoms with Gasteiger partial charge < -0.3 is 10.2 Å². The number of unbranched alkanes of at least 4 members (excludes halogenated alkanes) is 1. The van der Waals surface area contributed by atoms with E-state index in [0.29, 0.717) is 12.1 Å². The molecule has 0 aromatic carbocycles. The number of nitrogens with one attached hydrogen (secondary N) is 1. The summed E-state index contributed by atoms with van der Waals surface area (Å²) in [6, 6.07) is 0. The Morgan fingerprint density at radius 3 is 2.61 bits per heavy atom. The first kappa shape index (κ1) is 12.8. The van der Waals surface area contributed by atoms with Crippen LogP contribution in [0.2, 0.25) is 0 Å². The fourth-order valence-electron chi connectivity index (χ4n) is 2.00. The first-order chi connectivity index (χ1) is 8.81. The Morgan fingerprint density at radius 1 is 1.33 bits per heavy atom. The summed E-state index contributed by atoms with van der Waals surface area (Å²) in [6.45, 7) is 4.84. The molecule has 0 bridgehead atoms. The summed E-state index contributed by atoms with van der Waals surface area (Å²) >= 11 is 0. The first-order valence-electron chi connectivity index (χ1n) is 6.66. The highest BCUT2D eigenvalue weighted by atomic mass is 16.1. The van der Waals surface area contributed by atoms with Gasteiger partial charge in [-0.1, -0.05) is 13.3 Å². The third-order valence-electron chi connectivity index (χ3n) is 3.11. The van der Waals surface area contributed by atoms with E-state index < -0.39 is 0 Å². The molecule has 0 aliphatic carbocycles. The first-order valence-corrected chi connectivity index (χ1v) is 6.66. The van der Waals surface area contributed by atoms with Crippen LogP contribution in [-0.4, -0.2) is 35.5 Å². The van der Waals surface area contributed by atoms with Crippen molar-refractivity contribution in [2.45, 2.75) is 32.6 Å². The Balaban J connectivity index is 1.92. The van der Waals surface area contributed by atoms with Gasteiger partial charge in [0.1, 0.15) is 0 Å². The van der Waals surface area contributed by atoms with Gasteiger partial charge in [-0.15, -0.1) is 0 Å². The molecule has 1 N–H and O–H groups in total. The molecule has 5 nitrogen and oxygen atoms in total. The predicted octanol–water partition coefficient (Wildman–Crippen LogP) is 1.61. The minimum Gasteiger partial charge on any atom is -0.352 e. The lowest BCUT2D eigenvalue weighted by atomic mass is 10.3. The van der Waals surface area contributed by atoms with Gasteiger partial charge in [-0.05, 0) is 19.3 Å². The third-order valence-corrected chi connectivity index (χ3v) is 3.11. The van der Waals surface area contributed by atoms with Crippen LogP contribution in [-0.2, 0) is 0 Å². The lowest BCUT2D eigenvalue weighted by Gasteiger charge is -2.14. The minimum atomic E-state index is -0.0866. The summed E-state index contributed by atoms with van der Waals surface area (Å²) in [5, 5.41) is 2.86. The molecular weight excluding hydrogens is 228 g/mol.